The molecule has 0 saturated heterocycles. The zero-order valence-corrected chi connectivity index (χ0v) is 11.5. The highest BCUT2D eigenvalue weighted by molar-refractivity contribution is 7.08. The number of carbonyl (C=O) groups is 1. The van der Waals surface area contributed by atoms with Crippen molar-refractivity contribution in [3.8, 4) is 0 Å². The molecule has 1 aromatic heterocycles. The maximum atomic E-state index is 11.9. The molecule has 0 unspecified atom stereocenters. The zero-order chi connectivity index (χ0) is 13.4. The number of nitrogens with one attached hydrogen (secondary N) is 1. The average molecular weight is 273 g/mol. The topological polar surface area (TPSA) is 84.3 Å². The van der Waals surface area contributed by atoms with E-state index in [9.17, 15) is 4.79 Å². The number of hydrogen-bond acceptors (Lipinski definition) is 6. The van der Waals surface area contributed by atoms with Crippen LogP contribution in [0.5, 0.6) is 0 Å². The lowest BCUT2D eigenvalue weighted by Gasteiger charge is -2.06. The van der Waals surface area contributed by atoms with Gasteiger partial charge in [-0.25, -0.2) is 0 Å². The van der Waals surface area contributed by atoms with Gasteiger partial charge in [-0.15, -0.1) is 5.10 Å². The van der Waals surface area contributed by atoms with Crippen molar-refractivity contribution in [1.29, 1.82) is 0 Å². The molecule has 7 heteroatoms. The molecule has 0 fully saturated rings. The van der Waals surface area contributed by atoms with Gasteiger partial charge in [0.25, 0.3) is 5.91 Å². The van der Waals surface area contributed by atoms with E-state index >= 15 is 0 Å². The van der Waals surface area contributed by atoms with Crippen LogP contribution in [0.4, 0.5) is 0 Å². The molecule has 1 rings (SSSR count). The highest BCUT2D eigenvalue weighted by Gasteiger charge is 2.17. The number of nitrogens with zero attached hydrogens (tertiary/aromatic N) is 2. The van der Waals surface area contributed by atoms with Crippen LogP contribution in [0.1, 0.15) is 41.6 Å². The first-order valence-electron chi connectivity index (χ1n) is 5.95. The van der Waals surface area contributed by atoms with Crippen LogP contribution in [0, 0.1) is 0 Å². The fourth-order valence-corrected chi connectivity index (χ4v) is 2.09. The molecule has 0 atom stereocenters. The highest BCUT2D eigenvalue weighted by atomic mass is 32.1. The minimum atomic E-state index is -0.129. The second kappa shape index (κ2) is 8.12. The van der Waals surface area contributed by atoms with Gasteiger partial charge in [-0.05, 0) is 23.9 Å². The number of aromatic nitrogens is 2. The summed E-state index contributed by atoms with van der Waals surface area (Å²) >= 11 is 1.12. The highest BCUT2D eigenvalue weighted by Crippen LogP contribution is 2.19. The van der Waals surface area contributed by atoms with Gasteiger partial charge >= 0.3 is 0 Å². The number of carbonyl (C=O) groups excluding carboxylic acids is 1. The first kappa shape index (κ1) is 15.0. The molecule has 102 valence electrons. The van der Waals surface area contributed by atoms with Crippen molar-refractivity contribution in [2.75, 3.05) is 26.4 Å². The van der Waals surface area contributed by atoms with Crippen LogP contribution in [-0.2, 0) is 4.74 Å². The Morgan fingerprint density at radius 1 is 1.50 bits per heavy atom. The Kier molecular flexibility index (Phi) is 6.77. The van der Waals surface area contributed by atoms with Gasteiger partial charge in [-0.1, -0.05) is 18.3 Å². The van der Waals surface area contributed by atoms with Gasteiger partial charge in [0.05, 0.1) is 18.9 Å². The van der Waals surface area contributed by atoms with Crippen molar-refractivity contribution in [3.63, 3.8) is 0 Å². The molecule has 0 bridgehead atoms. The van der Waals surface area contributed by atoms with Crippen molar-refractivity contribution < 1.29 is 14.6 Å². The number of ether oxygens (including phenoxy) is 1. The summed E-state index contributed by atoms with van der Waals surface area (Å²) in [5, 5.41) is 15.3. The van der Waals surface area contributed by atoms with E-state index in [0.717, 1.165) is 23.6 Å². The van der Waals surface area contributed by atoms with Crippen LogP contribution in [0.25, 0.3) is 0 Å². The van der Waals surface area contributed by atoms with E-state index in [4.69, 9.17) is 9.84 Å². The first-order valence-corrected chi connectivity index (χ1v) is 6.73. The van der Waals surface area contributed by atoms with Gasteiger partial charge in [0.2, 0.25) is 0 Å². The van der Waals surface area contributed by atoms with Crippen LogP contribution >= 0.6 is 11.5 Å². The summed E-state index contributed by atoms with van der Waals surface area (Å²) in [6, 6.07) is 0. The minimum Gasteiger partial charge on any atom is -0.394 e. The number of hydrogen-bond donors (Lipinski definition) is 2. The summed E-state index contributed by atoms with van der Waals surface area (Å²) in [7, 11) is 0. The Morgan fingerprint density at radius 2 is 2.28 bits per heavy atom. The molecular weight excluding hydrogens is 254 g/mol. The summed E-state index contributed by atoms with van der Waals surface area (Å²) in [5.74, 6) is 0.0632. The molecular formula is C11H19N3O3S. The number of aliphatic hydroxyl groups is 1. The third-order valence-corrected chi connectivity index (χ3v) is 2.99. The van der Waals surface area contributed by atoms with Gasteiger partial charge in [-0.3, -0.25) is 4.79 Å². The van der Waals surface area contributed by atoms with E-state index < -0.39 is 0 Å². The standard InChI is InChI=1S/C11H19N3O3S/c1-8(2)9-10(18-14-13-9)11(16)12-4-3-6-17-7-5-15/h8,15H,3-7H2,1-2H3,(H,12,16). The molecule has 0 spiro atoms. The van der Waals surface area contributed by atoms with Crippen molar-refractivity contribution in [2.24, 2.45) is 0 Å². The van der Waals surface area contributed by atoms with E-state index in [1.807, 2.05) is 13.8 Å². The van der Waals surface area contributed by atoms with E-state index in [1.165, 1.54) is 0 Å². The van der Waals surface area contributed by atoms with E-state index in [-0.39, 0.29) is 18.4 Å². The Hall–Kier alpha value is -1.05. The summed E-state index contributed by atoms with van der Waals surface area (Å²) in [5.41, 5.74) is 0.744. The first-order chi connectivity index (χ1) is 8.66. The predicted octanol–water partition coefficient (Wildman–Crippen LogP) is 0.790. The smallest absolute Gasteiger partial charge is 0.264 e. The summed E-state index contributed by atoms with van der Waals surface area (Å²) in [4.78, 5) is 12.4. The van der Waals surface area contributed by atoms with Crippen molar-refractivity contribution in [1.82, 2.24) is 14.9 Å². The van der Waals surface area contributed by atoms with E-state index in [2.05, 4.69) is 14.9 Å². The van der Waals surface area contributed by atoms with Gasteiger partial charge in [0, 0.05) is 13.2 Å². The zero-order valence-electron chi connectivity index (χ0n) is 10.7. The fourth-order valence-electron chi connectivity index (χ4n) is 1.36. The molecule has 2 N–H and O–H groups in total. The molecule has 1 aromatic rings. The van der Waals surface area contributed by atoms with Crippen LogP contribution in [-0.4, -0.2) is 47.0 Å². The van der Waals surface area contributed by atoms with Crippen LogP contribution in [0.3, 0.4) is 0 Å². The largest absolute Gasteiger partial charge is 0.394 e. The van der Waals surface area contributed by atoms with Crippen molar-refractivity contribution in [2.45, 2.75) is 26.2 Å². The van der Waals surface area contributed by atoms with E-state index in [1.54, 1.807) is 0 Å². The lowest BCUT2D eigenvalue weighted by Crippen LogP contribution is -2.25. The molecule has 0 aliphatic rings. The maximum Gasteiger partial charge on any atom is 0.264 e. The van der Waals surface area contributed by atoms with Crippen molar-refractivity contribution >= 4 is 17.4 Å². The SMILES string of the molecule is CC(C)c1nnsc1C(=O)NCCCOCCO. The van der Waals surface area contributed by atoms with Crippen LogP contribution in [0.2, 0.25) is 0 Å². The fraction of sp³-hybridized carbons (Fsp3) is 0.727. The van der Waals surface area contributed by atoms with Gasteiger partial charge in [0.15, 0.2) is 0 Å². The Balaban J connectivity index is 2.30. The predicted molar refractivity (Wildman–Crippen MR) is 68.9 cm³/mol. The molecule has 1 amide bonds. The molecule has 18 heavy (non-hydrogen) atoms. The van der Waals surface area contributed by atoms with Crippen molar-refractivity contribution in [3.05, 3.63) is 10.6 Å². The third kappa shape index (κ3) is 4.67. The molecule has 0 saturated carbocycles. The number of amides is 1. The third-order valence-electron chi connectivity index (χ3n) is 2.25. The van der Waals surface area contributed by atoms with Gasteiger partial charge in [-0.2, -0.15) is 0 Å². The quantitative estimate of drug-likeness (QED) is 0.684. The second-order valence-corrected chi connectivity index (χ2v) is 4.84. The average Bonchev–Trinajstić information content (AvgIpc) is 2.82. The molecule has 0 aromatic carbocycles. The monoisotopic (exact) mass is 273 g/mol. The maximum absolute atomic E-state index is 11.9. The summed E-state index contributed by atoms with van der Waals surface area (Å²) in [6.45, 7) is 5.39. The number of aliphatic hydroxyl groups excluding tert-OH is 1. The Bertz CT molecular complexity index is 368. The number of rotatable bonds is 8. The molecule has 6 nitrogen and oxygen atoms in total. The van der Waals surface area contributed by atoms with Gasteiger partial charge in [0.1, 0.15) is 4.88 Å². The molecule has 1 heterocycles. The Morgan fingerprint density at radius 3 is 2.94 bits per heavy atom. The summed E-state index contributed by atoms with van der Waals surface area (Å²) in [6.07, 6.45) is 0.717. The second-order valence-electron chi connectivity index (χ2n) is 4.09. The lowest BCUT2D eigenvalue weighted by molar-refractivity contribution is 0.0868. The van der Waals surface area contributed by atoms with E-state index in [0.29, 0.717) is 24.6 Å². The summed E-state index contributed by atoms with van der Waals surface area (Å²) < 4.78 is 8.91. The normalized spacial score (nSPS) is 10.9. The minimum absolute atomic E-state index is 0.0244. The van der Waals surface area contributed by atoms with Crippen LogP contribution < -0.4 is 5.32 Å². The Labute approximate surface area is 111 Å². The molecule has 0 radical (unpaired) electrons. The molecule has 0 aliphatic heterocycles. The lowest BCUT2D eigenvalue weighted by atomic mass is 10.1. The van der Waals surface area contributed by atoms with Crippen LogP contribution in [0.15, 0.2) is 0 Å². The molecule has 0 aliphatic carbocycles. The van der Waals surface area contributed by atoms with Gasteiger partial charge < -0.3 is 15.2 Å².